The molecule has 1 aromatic carbocycles. The van der Waals surface area contributed by atoms with Crippen LogP contribution in [-0.2, 0) is 32.1 Å². The number of aromatic hydroxyl groups is 1. The summed E-state index contributed by atoms with van der Waals surface area (Å²) in [4.78, 5) is 54.8. The van der Waals surface area contributed by atoms with Gasteiger partial charge in [0.2, 0.25) is 5.78 Å². The van der Waals surface area contributed by atoms with Crippen LogP contribution in [0.15, 0.2) is 28.7 Å². The van der Waals surface area contributed by atoms with Crippen molar-refractivity contribution >= 4 is 29.1 Å². The van der Waals surface area contributed by atoms with E-state index in [1.54, 1.807) is 34.3 Å². The number of nitrogens with one attached hydrogen (secondary N) is 1. The van der Waals surface area contributed by atoms with Gasteiger partial charge in [-0.25, -0.2) is 0 Å². The average Bonchev–Trinajstić information content (AvgIpc) is 2.91. The van der Waals surface area contributed by atoms with Gasteiger partial charge in [-0.3, -0.25) is 24.1 Å². The molecule has 1 aromatic rings. The average molecular weight is 601 g/mol. The number of Topliss-reactive ketones (excluding diaryl/α,β-unsaturated/α-hetero) is 2. The Morgan fingerprint density at radius 2 is 1.81 bits per heavy atom. The predicted octanol–water partition coefficient (Wildman–Crippen LogP) is 0.620. The molecule has 3 aliphatic rings. The van der Waals surface area contributed by atoms with Crippen molar-refractivity contribution in [2.24, 2.45) is 17.1 Å². The van der Waals surface area contributed by atoms with Crippen molar-refractivity contribution in [2.75, 3.05) is 46.7 Å². The van der Waals surface area contributed by atoms with Crippen molar-refractivity contribution in [2.45, 2.75) is 50.8 Å². The lowest BCUT2D eigenvalue weighted by Crippen LogP contribution is -2.69. The number of amides is 1. The topological polar surface area (TPSA) is 203 Å². The van der Waals surface area contributed by atoms with Crippen LogP contribution in [0.5, 0.6) is 5.75 Å². The van der Waals surface area contributed by atoms with Crippen molar-refractivity contribution in [1.29, 1.82) is 0 Å². The van der Waals surface area contributed by atoms with Gasteiger partial charge in [0.15, 0.2) is 11.4 Å². The van der Waals surface area contributed by atoms with Crippen LogP contribution in [0.2, 0.25) is 0 Å². The molecule has 0 aliphatic heterocycles. The number of esters is 1. The van der Waals surface area contributed by atoms with Crippen LogP contribution in [0.4, 0.5) is 5.69 Å². The van der Waals surface area contributed by atoms with Gasteiger partial charge in [-0.1, -0.05) is 6.92 Å². The number of hydrogen-bond donors (Lipinski definition) is 6. The third kappa shape index (κ3) is 4.75. The Kier molecular flexibility index (Phi) is 8.39. The Morgan fingerprint density at radius 1 is 1.16 bits per heavy atom. The fourth-order valence-electron chi connectivity index (χ4n) is 7.15. The molecule has 0 saturated heterocycles. The summed E-state index contributed by atoms with van der Waals surface area (Å²) in [6, 6.07) is 0.664. The summed E-state index contributed by atoms with van der Waals surface area (Å²) in [5, 5.41) is 49.2. The SMILES string of the molecule is COC(=O)CCCNCc1cc(N(C)C)c2c(c1O)C(=O)C1=C(O)[C@]3(O)C(=O)C(C(N)=O)=C(O)[C@@H](N(C)C)[C@]3(C)C[C@@H]1C2. The number of hydrogen-bond acceptors (Lipinski definition) is 12. The first-order valence-corrected chi connectivity index (χ1v) is 14.0. The van der Waals surface area contributed by atoms with E-state index < -0.39 is 57.5 Å². The zero-order valence-electron chi connectivity index (χ0n) is 25.3. The number of likely N-dealkylation sites (N-methyl/N-ethyl adjacent to an activating group) is 1. The van der Waals surface area contributed by atoms with E-state index >= 15 is 0 Å². The van der Waals surface area contributed by atoms with E-state index in [0.29, 0.717) is 29.8 Å². The number of rotatable bonds is 9. The van der Waals surface area contributed by atoms with E-state index in [0.717, 1.165) is 0 Å². The summed E-state index contributed by atoms with van der Waals surface area (Å²) >= 11 is 0. The number of nitrogens with zero attached hydrogens (tertiary/aromatic N) is 2. The van der Waals surface area contributed by atoms with Crippen LogP contribution in [-0.4, -0.2) is 102 Å². The second kappa shape index (κ2) is 11.3. The molecule has 1 amide bonds. The first kappa shape index (κ1) is 32.0. The predicted molar refractivity (Wildman–Crippen MR) is 156 cm³/mol. The lowest BCUT2D eigenvalue weighted by atomic mass is 9.51. The van der Waals surface area contributed by atoms with Gasteiger partial charge in [0, 0.05) is 49.3 Å². The Balaban J connectivity index is 1.84. The first-order valence-electron chi connectivity index (χ1n) is 14.0. The monoisotopic (exact) mass is 600 g/mol. The molecule has 43 heavy (non-hydrogen) atoms. The summed E-state index contributed by atoms with van der Waals surface area (Å²) in [5.74, 6) is -6.17. The van der Waals surface area contributed by atoms with Crippen molar-refractivity contribution < 1.29 is 44.3 Å². The number of carbonyl (C=O) groups is 4. The molecule has 0 spiro atoms. The van der Waals surface area contributed by atoms with Gasteiger partial charge in [0.25, 0.3) is 5.91 Å². The molecular formula is C30H40N4O9. The Morgan fingerprint density at radius 3 is 2.37 bits per heavy atom. The number of aliphatic hydroxyl groups excluding tert-OH is 2. The number of ether oxygens (including phenoxy) is 1. The molecular weight excluding hydrogens is 560 g/mol. The number of anilines is 1. The number of aliphatic hydroxyl groups is 3. The van der Waals surface area contributed by atoms with Crippen molar-refractivity contribution in [3.05, 3.63) is 45.4 Å². The van der Waals surface area contributed by atoms with E-state index in [2.05, 4.69) is 10.1 Å². The van der Waals surface area contributed by atoms with Gasteiger partial charge in [-0.05, 0) is 57.5 Å². The first-order chi connectivity index (χ1) is 20.0. The molecule has 4 rings (SSSR count). The van der Waals surface area contributed by atoms with E-state index in [1.807, 2.05) is 4.90 Å². The molecule has 234 valence electrons. The molecule has 4 atom stereocenters. The Labute approximate surface area is 249 Å². The van der Waals surface area contributed by atoms with Crippen LogP contribution in [0.3, 0.4) is 0 Å². The third-order valence-electron chi connectivity index (χ3n) is 9.08. The molecule has 13 nitrogen and oxygen atoms in total. The molecule has 0 aromatic heterocycles. The number of allylic oxidation sites excluding steroid dienone is 1. The molecule has 7 N–H and O–H groups in total. The summed E-state index contributed by atoms with van der Waals surface area (Å²) in [5.41, 5.74) is 1.59. The largest absolute Gasteiger partial charge is 0.510 e. The summed E-state index contributed by atoms with van der Waals surface area (Å²) < 4.78 is 4.64. The number of phenolic OH excluding ortho intramolecular Hbond substituents is 1. The third-order valence-corrected chi connectivity index (χ3v) is 9.08. The van der Waals surface area contributed by atoms with Crippen LogP contribution in [0, 0.1) is 11.3 Å². The number of ketones is 2. The van der Waals surface area contributed by atoms with Crippen LogP contribution in [0.1, 0.15) is 47.7 Å². The van der Waals surface area contributed by atoms with E-state index in [4.69, 9.17) is 5.73 Å². The highest BCUT2D eigenvalue weighted by Gasteiger charge is 2.69. The van der Waals surface area contributed by atoms with Crippen LogP contribution < -0.4 is 16.0 Å². The second-order valence-corrected chi connectivity index (χ2v) is 12.2. The van der Waals surface area contributed by atoms with Gasteiger partial charge >= 0.3 is 5.97 Å². The van der Waals surface area contributed by atoms with Gasteiger partial charge < -0.3 is 41.1 Å². The minimum absolute atomic E-state index is 0.0180. The van der Waals surface area contributed by atoms with E-state index in [9.17, 15) is 39.6 Å². The second-order valence-electron chi connectivity index (χ2n) is 12.2. The Hall–Kier alpha value is -3.94. The highest BCUT2D eigenvalue weighted by atomic mass is 16.5. The Bertz CT molecular complexity index is 1460. The van der Waals surface area contributed by atoms with E-state index in [-0.39, 0.29) is 48.7 Å². The zero-order valence-corrected chi connectivity index (χ0v) is 25.3. The van der Waals surface area contributed by atoms with Crippen molar-refractivity contribution in [1.82, 2.24) is 10.2 Å². The number of methoxy groups -OCH3 is 1. The number of benzene rings is 1. The molecule has 13 heteroatoms. The number of phenols is 1. The summed E-state index contributed by atoms with van der Waals surface area (Å²) in [7, 11) is 8.08. The molecule has 3 aliphatic carbocycles. The van der Waals surface area contributed by atoms with Crippen molar-refractivity contribution in [3.63, 3.8) is 0 Å². The quantitative estimate of drug-likeness (QED) is 0.131. The van der Waals surface area contributed by atoms with Crippen LogP contribution >= 0.6 is 0 Å². The normalized spacial score (nSPS) is 26.7. The molecule has 0 fully saturated rings. The standard InChI is InChI=1S/C30H40N4O9/c1-29-12-14-10-16-17(33(2)3)11-15(13-32-9-7-8-18(35)43-6)22(36)20(16)23(37)19(14)26(39)30(29,42)27(40)21(28(31)41)24(38)25(29)34(4)5/h11,14,25,32,36,38-39,42H,7-10,12-13H2,1-6H3,(H2,31,41)/t14-,25+,29-,30-/m0/s1. The lowest BCUT2D eigenvalue weighted by Gasteiger charge is -2.57. The lowest BCUT2D eigenvalue weighted by molar-refractivity contribution is -0.165. The van der Waals surface area contributed by atoms with Gasteiger partial charge in [0.05, 0.1) is 18.7 Å². The number of fused-ring (bicyclic) bond motifs is 3. The number of primary amides is 1. The smallest absolute Gasteiger partial charge is 0.305 e. The molecule has 0 saturated carbocycles. The maximum Gasteiger partial charge on any atom is 0.305 e. The van der Waals surface area contributed by atoms with Gasteiger partial charge in [-0.2, -0.15) is 0 Å². The summed E-state index contributed by atoms with van der Waals surface area (Å²) in [6.45, 7) is 2.13. The van der Waals surface area contributed by atoms with Crippen LogP contribution in [0.25, 0.3) is 0 Å². The van der Waals surface area contributed by atoms with Gasteiger partial charge in [0.1, 0.15) is 22.8 Å². The van der Waals surface area contributed by atoms with Gasteiger partial charge in [-0.15, -0.1) is 0 Å². The zero-order chi connectivity index (χ0) is 32.2. The number of nitrogens with two attached hydrogens (primary N) is 1. The summed E-state index contributed by atoms with van der Waals surface area (Å²) in [6.07, 6.45) is 0.879. The molecule has 0 unspecified atom stereocenters. The minimum Gasteiger partial charge on any atom is -0.510 e. The maximum absolute atomic E-state index is 14.2. The molecule has 0 bridgehead atoms. The molecule has 0 heterocycles. The fourth-order valence-corrected chi connectivity index (χ4v) is 7.15. The highest BCUT2D eigenvalue weighted by Crippen LogP contribution is 2.59. The minimum atomic E-state index is -2.75. The van der Waals surface area contributed by atoms with E-state index in [1.165, 1.54) is 18.9 Å². The fraction of sp³-hybridized carbons (Fsp3) is 0.533. The highest BCUT2D eigenvalue weighted by molar-refractivity contribution is 6.25. The number of carbonyl (C=O) groups excluding carboxylic acids is 4. The maximum atomic E-state index is 14.2. The van der Waals surface area contributed by atoms with Crippen molar-refractivity contribution in [3.8, 4) is 5.75 Å². The molecule has 0 radical (unpaired) electrons.